The van der Waals surface area contributed by atoms with Gasteiger partial charge in [0.25, 0.3) is 0 Å². The van der Waals surface area contributed by atoms with Crippen LogP contribution >= 0.6 is 0 Å². The third-order valence-corrected chi connectivity index (χ3v) is 8.44. The van der Waals surface area contributed by atoms with Gasteiger partial charge in [-0.1, -0.05) is 84.9 Å². The molecule has 9 heteroatoms. The predicted octanol–water partition coefficient (Wildman–Crippen LogP) is 5.98. The van der Waals surface area contributed by atoms with Gasteiger partial charge in [-0.2, -0.15) is 0 Å². The van der Waals surface area contributed by atoms with E-state index >= 15 is 0 Å². The molecule has 9 nitrogen and oxygen atoms in total. The van der Waals surface area contributed by atoms with E-state index in [0.717, 1.165) is 38.2 Å². The van der Waals surface area contributed by atoms with Gasteiger partial charge in [0.15, 0.2) is 0 Å². The number of nitrogens with zero attached hydrogens (tertiary/aromatic N) is 1. The van der Waals surface area contributed by atoms with E-state index in [-0.39, 0.29) is 12.8 Å². The standard InChI is InChI=1S/C37H33N3O6/c1-22(35(41)42)40(30-20-27-14-12-25-8-5-9-26-13-15-28(21-30)34(27)33(25)26)29-16-10-24(11-17-29)19-32(37(45)46)39-38-31(36(43)44)18-23-6-3-2-4-7-23/h2-17,20-22,31-32,38-39H,18-19H2,1H3,(H,41,42)(H,43,44)(H,45,46)/t22-,31-,32-/m0/s1. The molecule has 0 fully saturated rings. The van der Waals surface area contributed by atoms with Crippen LogP contribution in [0.5, 0.6) is 0 Å². The molecule has 0 amide bonds. The molecule has 0 aliphatic heterocycles. The lowest BCUT2D eigenvalue weighted by atomic mass is 9.93. The Morgan fingerprint density at radius 2 is 1.04 bits per heavy atom. The van der Waals surface area contributed by atoms with Crippen molar-refractivity contribution in [2.45, 2.75) is 37.9 Å². The Morgan fingerprint density at radius 1 is 0.565 bits per heavy atom. The lowest BCUT2D eigenvalue weighted by molar-refractivity contribution is -0.143. The van der Waals surface area contributed by atoms with Gasteiger partial charge in [0.05, 0.1) is 0 Å². The molecule has 6 rings (SSSR count). The van der Waals surface area contributed by atoms with Crippen molar-refractivity contribution in [1.29, 1.82) is 0 Å². The van der Waals surface area contributed by atoms with Crippen molar-refractivity contribution >= 4 is 61.6 Å². The average Bonchev–Trinajstić information content (AvgIpc) is 3.05. The van der Waals surface area contributed by atoms with E-state index < -0.39 is 36.0 Å². The summed E-state index contributed by atoms with van der Waals surface area (Å²) in [5.41, 5.74) is 8.21. The van der Waals surface area contributed by atoms with E-state index in [0.29, 0.717) is 11.3 Å². The molecule has 0 radical (unpaired) electrons. The Labute approximate surface area is 265 Å². The maximum Gasteiger partial charge on any atom is 0.326 e. The van der Waals surface area contributed by atoms with Crippen LogP contribution in [0.2, 0.25) is 0 Å². The first-order valence-corrected chi connectivity index (χ1v) is 15.0. The normalized spacial score (nSPS) is 13.5. The molecule has 0 heterocycles. The highest BCUT2D eigenvalue weighted by Crippen LogP contribution is 2.39. The number of hydrogen-bond acceptors (Lipinski definition) is 6. The Morgan fingerprint density at radius 3 is 1.54 bits per heavy atom. The molecule has 3 atom stereocenters. The van der Waals surface area contributed by atoms with E-state index in [4.69, 9.17) is 0 Å². The first kappa shape index (κ1) is 30.5. The minimum Gasteiger partial charge on any atom is -0.480 e. The maximum atomic E-state index is 12.3. The molecule has 0 aliphatic rings. The van der Waals surface area contributed by atoms with Gasteiger partial charge >= 0.3 is 17.9 Å². The number of hydrogen-bond donors (Lipinski definition) is 5. The summed E-state index contributed by atoms with van der Waals surface area (Å²) in [4.78, 5) is 38.0. The molecule has 0 unspecified atom stereocenters. The van der Waals surface area contributed by atoms with Crippen molar-refractivity contribution in [1.82, 2.24) is 10.9 Å². The molecule has 0 spiro atoms. The molecular formula is C37H33N3O6. The zero-order valence-corrected chi connectivity index (χ0v) is 25.1. The number of hydrazine groups is 1. The molecule has 46 heavy (non-hydrogen) atoms. The highest BCUT2D eigenvalue weighted by atomic mass is 16.4. The van der Waals surface area contributed by atoms with Gasteiger partial charge in [0.1, 0.15) is 18.1 Å². The van der Waals surface area contributed by atoms with Gasteiger partial charge in [0.2, 0.25) is 0 Å². The van der Waals surface area contributed by atoms with Crippen molar-refractivity contribution in [2.75, 3.05) is 4.90 Å². The van der Waals surface area contributed by atoms with Crippen LogP contribution < -0.4 is 15.8 Å². The quantitative estimate of drug-likeness (QED) is 0.0784. The number of anilines is 2. The smallest absolute Gasteiger partial charge is 0.326 e. The van der Waals surface area contributed by atoms with Crippen LogP contribution in [0, 0.1) is 0 Å². The number of carboxylic acid groups (broad SMARTS) is 3. The molecule has 0 bridgehead atoms. The second-order valence-electron chi connectivity index (χ2n) is 11.5. The van der Waals surface area contributed by atoms with Gasteiger partial charge in [-0.05, 0) is 87.5 Å². The van der Waals surface area contributed by atoms with Gasteiger partial charge in [-0.3, -0.25) is 9.59 Å². The predicted molar refractivity (Wildman–Crippen MR) is 179 cm³/mol. The topological polar surface area (TPSA) is 139 Å². The van der Waals surface area contributed by atoms with Crippen LogP contribution in [-0.4, -0.2) is 51.4 Å². The van der Waals surface area contributed by atoms with Crippen molar-refractivity contribution in [3.05, 3.63) is 120 Å². The summed E-state index contributed by atoms with van der Waals surface area (Å²) < 4.78 is 0. The zero-order valence-electron chi connectivity index (χ0n) is 25.1. The average molecular weight is 616 g/mol. The maximum absolute atomic E-state index is 12.3. The van der Waals surface area contributed by atoms with Gasteiger partial charge in [0, 0.05) is 11.4 Å². The lowest BCUT2D eigenvalue weighted by Gasteiger charge is -2.30. The minimum atomic E-state index is -1.14. The van der Waals surface area contributed by atoms with E-state index in [9.17, 15) is 29.7 Å². The van der Waals surface area contributed by atoms with E-state index in [1.807, 2.05) is 48.5 Å². The molecule has 6 aromatic rings. The highest BCUT2D eigenvalue weighted by Gasteiger charge is 2.26. The van der Waals surface area contributed by atoms with Gasteiger partial charge in [-0.15, -0.1) is 0 Å². The van der Waals surface area contributed by atoms with Gasteiger partial charge < -0.3 is 20.2 Å². The fourth-order valence-corrected chi connectivity index (χ4v) is 6.06. The fraction of sp³-hybridized carbons (Fsp3) is 0.162. The Bertz CT molecular complexity index is 1970. The van der Waals surface area contributed by atoms with Crippen LogP contribution in [-0.2, 0) is 27.2 Å². The summed E-state index contributed by atoms with van der Waals surface area (Å²) >= 11 is 0. The Balaban J connectivity index is 1.25. The van der Waals surface area contributed by atoms with E-state index in [1.165, 1.54) is 5.39 Å². The molecular weight excluding hydrogens is 582 g/mol. The molecule has 0 aliphatic carbocycles. The van der Waals surface area contributed by atoms with Crippen LogP contribution in [0.25, 0.3) is 32.3 Å². The van der Waals surface area contributed by atoms with Crippen LogP contribution in [0.1, 0.15) is 18.1 Å². The lowest BCUT2D eigenvalue weighted by Crippen LogP contribution is -2.53. The third kappa shape index (κ3) is 6.19. The van der Waals surface area contributed by atoms with Crippen LogP contribution in [0.4, 0.5) is 11.4 Å². The molecule has 5 N–H and O–H groups in total. The Hall–Kier alpha value is -5.51. The number of nitrogens with one attached hydrogen (secondary N) is 2. The van der Waals surface area contributed by atoms with Crippen molar-refractivity contribution in [2.24, 2.45) is 0 Å². The summed E-state index contributed by atoms with van der Waals surface area (Å²) in [7, 11) is 0. The van der Waals surface area contributed by atoms with E-state index in [2.05, 4.69) is 47.2 Å². The Kier molecular flexibility index (Phi) is 8.52. The number of benzene rings is 6. The van der Waals surface area contributed by atoms with E-state index in [1.54, 1.807) is 36.1 Å². The molecule has 0 saturated carbocycles. The third-order valence-electron chi connectivity index (χ3n) is 8.44. The number of carbonyl (C=O) groups is 3. The van der Waals surface area contributed by atoms with Crippen LogP contribution in [0.15, 0.2) is 109 Å². The summed E-state index contributed by atoms with van der Waals surface area (Å²) in [6.45, 7) is 1.63. The number of aliphatic carboxylic acids is 3. The molecule has 6 aromatic carbocycles. The largest absolute Gasteiger partial charge is 0.480 e. The second-order valence-corrected chi connectivity index (χ2v) is 11.5. The molecule has 232 valence electrons. The van der Waals surface area contributed by atoms with Crippen molar-refractivity contribution < 1.29 is 29.7 Å². The van der Waals surface area contributed by atoms with Crippen molar-refractivity contribution in [3.63, 3.8) is 0 Å². The number of carboxylic acids is 3. The first-order valence-electron chi connectivity index (χ1n) is 15.0. The van der Waals surface area contributed by atoms with Crippen LogP contribution in [0.3, 0.4) is 0 Å². The highest BCUT2D eigenvalue weighted by molar-refractivity contribution is 6.23. The molecule has 0 aromatic heterocycles. The minimum absolute atomic E-state index is 0.0646. The summed E-state index contributed by atoms with van der Waals surface area (Å²) in [6.07, 6.45) is 0.237. The number of rotatable bonds is 13. The summed E-state index contributed by atoms with van der Waals surface area (Å²) in [6, 6.07) is 31.6. The summed E-state index contributed by atoms with van der Waals surface area (Å²) in [5, 5.41) is 36.2. The molecule has 0 saturated heterocycles. The SMILES string of the molecule is C[C@@H](C(=O)O)N(c1ccc(C[C@H](NN[C@@H](Cc2ccccc2)C(=O)O)C(=O)O)cc1)c1cc2ccc3cccc4ccc(c1)c2c34. The zero-order chi connectivity index (χ0) is 32.4. The van der Waals surface area contributed by atoms with Gasteiger partial charge in [-0.25, -0.2) is 15.6 Å². The monoisotopic (exact) mass is 615 g/mol. The van der Waals surface area contributed by atoms with Crippen molar-refractivity contribution in [3.8, 4) is 0 Å². The first-order chi connectivity index (χ1) is 22.2. The summed E-state index contributed by atoms with van der Waals surface area (Å²) in [5.74, 6) is -3.24. The second kappa shape index (κ2) is 12.8. The fourth-order valence-electron chi connectivity index (χ4n) is 6.06.